The van der Waals surface area contributed by atoms with Crippen molar-refractivity contribution in [3.8, 4) is 0 Å². The van der Waals surface area contributed by atoms with E-state index in [-0.39, 0.29) is 5.91 Å². The molecule has 0 aliphatic rings. The number of carbonyl (C=O) groups excluding carboxylic acids is 1. The van der Waals surface area contributed by atoms with Gasteiger partial charge in [0.15, 0.2) is 0 Å². The molecule has 3 aromatic rings. The van der Waals surface area contributed by atoms with Crippen LogP contribution in [0.3, 0.4) is 0 Å². The molecule has 2 heterocycles. The third-order valence-electron chi connectivity index (χ3n) is 4.57. The fraction of sp³-hybridized carbons (Fsp3) is 0.316. The van der Waals surface area contributed by atoms with Gasteiger partial charge in [0.05, 0.1) is 45.9 Å². The van der Waals surface area contributed by atoms with Gasteiger partial charge >= 0.3 is 0 Å². The molecule has 1 aromatic carbocycles. The summed E-state index contributed by atoms with van der Waals surface area (Å²) in [5.74, 6) is -0.0381. The van der Waals surface area contributed by atoms with Crippen LogP contribution in [0.25, 0.3) is 0 Å². The van der Waals surface area contributed by atoms with E-state index in [1.165, 1.54) is 0 Å². The normalized spacial score (nSPS) is 11.0. The average Bonchev–Trinajstić information content (AvgIpc) is 3.09. The second kappa shape index (κ2) is 7.86. The van der Waals surface area contributed by atoms with Gasteiger partial charge in [0.25, 0.3) is 5.91 Å². The van der Waals surface area contributed by atoms with Crippen LogP contribution in [-0.4, -0.2) is 37.4 Å². The zero-order chi connectivity index (χ0) is 19.7. The second-order valence-electron chi connectivity index (χ2n) is 6.56. The van der Waals surface area contributed by atoms with Crippen LogP contribution in [0.15, 0.2) is 34.9 Å². The van der Waals surface area contributed by atoms with Gasteiger partial charge in [-0.05, 0) is 47.5 Å². The molecule has 0 saturated carbocycles. The third-order valence-corrected chi connectivity index (χ3v) is 5.78. The van der Waals surface area contributed by atoms with E-state index in [1.807, 2.05) is 49.8 Å². The Morgan fingerprint density at radius 3 is 2.44 bits per heavy atom. The van der Waals surface area contributed by atoms with Crippen LogP contribution in [0.4, 0.5) is 0 Å². The first kappa shape index (κ1) is 19.6. The summed E-state index contributed by atoms with van der Waals surface area (Å²) in [5.41, 5.74) is 4.42. The molecule has 0 spiro atoms. The van der Waals surface area contributed by atoms with Crippen molar-refractivity contribution in [1.82, 2.24) is 24.5 Å². The van der Waals surface area contributed by atoms with Gasteiger partial charge in [0, 0.05) is 19.7 Å². The van der Waals surface area contributed by atoms with Gasteiger partial charge in [-0.25, -0.2) is 0 Å². The first-order chi connectivity index (χ1) is 12.8. The van der Waals surface area contributed by atoms with E-state index < -0.39 is 0 Å². The lowest BCUT2D eigenvalue weighted by Gasteiger charge is -2.18. The molecule has 0 bridgehead atoms. The molecule has 6 nitrogen and oxygen atoms in total. The molecule has 0 atom stereocenters. The summed E-state index contributed by atoms with van der Waals surface area (Å²) in [7, 11) is 3.64. The Kier molecular flexibility index (Phi) is 5.72. The fourth-order valence-corrected chi connectivity index (χ4v) is 3.49. The number of hydrogen-bond donors (Lipinski definition) is 0. The second-order valence-corrected chi connectivity index (χ2v) is 7.80. The van der Waals surface area contributed by atoms with Gasteiger partial charge in [0.2, 0.25) is 0 Å². The fourth-order valence-electron chi connectivity index (χ4n) is 2.89. The van der Waals surface area contributed by atoms with Crippen molar-refractivity contribution in [2.75, 3.05) is 7.05 Å². The highest BCUT2D eigenvalue weighted by Crippen LogP contribution is 2.21. The summed E-state index contributed by atoms with van der Waals surface area (Å²) >= 11 is 9.67. The van der Waals surface area contributed by atoms with Gasteiger partial charge < -0.3 is 4.90 Å². The summed E-state index contributed by atoms with van der Waals surface area (Å²) in [6.07, 6.45) is 1.73. The van der Waals surface area contributed by atoms with Crippen LogP contribution in [0.1, 0.15) is 33.0 Å². The molecular formula is C19H21BrClN5O. The number of hydrogen-bond acceptors (Lipinski definition) is 3. The minimum absolute atomic E-state index is 0.0381. The monoisotopic (exact) mass is 449 g/mol. The molecule has 0 N–H and O–H groups in total. The van der Waals surface area contributed by atoms with Crippen LogP contribution in [0.5, 0.6) is 0 Å². The molecule has 2 aromatic heterocycles. The highest BCUT2D eigenvalue weighted by atomic mass is 79.9. The van der Waals surface area contributed by atoms with Gasteiger partial charge in [0.1, 0.15) is 0 Å². The molecule has 142 valence electrons. The van der Waals surface area contributed by atoms with Crippen LogP contribution in [0.2, 0.25) is 5.02 Å². The number of benzene rings is 1. The first-order valence-electron chi connectivity index (χ1n) is 8.48. The lowest BCUT2D eigenvalue weighted by molar-refractivity contribution is 0.0781. The van der Waals surface area contributed by atoms with Crippen LogP contribution in [0, 0.1) is 13.8 Å². The molecule has 3 rings (SSSR count). The Morgan fingerprint density at radius 2 is 1.93 bits per heavy atom. The Morgan fingerprint density at radius 1 is 1.26 bits per heavy atom. The molecule has 0 unspecified atom stereocenters. The Labute approximate surface area is 171 Å². The van der Waals surface area contributed by atoms with Crippen molar-refractivity contribution in [1.29, 1.82) is 0 Å². The number of aromatic nitrogens is 4. The van der Waals surface area contributed by atoms with E-state index in [1.54, 1.807) is 22.8 Å². The zero-order valence-electron chi connectivity index (χ0n) is 15.7. The van der Waals surface area contributed by atoms with E-state index in [4.69, 9.17) is 11.6 Å². The largest absolute Gasteiger partial charge is 0.336 e. The highest BCUT2D eigenvalue weighted by Gasteiger charge is 2.16. The number of carbonyl (C=O) groups is 1. The van der Waals surface area contributed by atoms with Crippen LogP contribution >= 0.6 is 27.5 Å². The van der Waals surface area contributed by atoms with Gasteiger partial charge in [-0.2, -0.15) is 10.2 Å². The predicted octanol–water partition coefficient (Wildman–Crippen LogP) is 3.97. The maximum atomic E-state index is 12.7. The molecule has 0 aliphatic heterocycles. The van der Waals surface area contributed by atoms with E-state index in [9.17, 15) is 4.79 Å². The van der Waals surface area contributed by atoms with Gasteiger partial charge in [-0.15, -0.1) is 0 Å². The zero-order valence-corrected chi connectivity index (χ0v) is 18.0. The maximum absolute atomic E-state index is 12.7. The standard InChI is InChI=1S/C19H21BrClN5O/c1-12-18(21)13(2)26(23-12)10-14-5-7-15(8-6-14)19(27)24(3)11-17-16(20)9-22-25(17)4/h5-9H,10-11H2,1-4H3. The SMILES string of the molecule is Cc1nn(Cc2ccc(C(=O)N(C)Cc3c(Br)cnn3C)cc2)c(C)c1Cl. The number of aryl methyl sites for hydroxylation is 2. The summed E-state index contributed by atoms with van der Waals surface area (Å²) in [4.78, 5) is 14.4. The Balaban J connectivity index is 1.70. The van der Waals surface area contributed by atoms with Crippen molar-refractivity contribution >= 4 is 33.4 Å². The Bertz CT molecular complexity index is 957. The van der Waals surface area contributed by atoms with E-state index >= 15 is 0 Å². The quantitative estimate of drug-likeness (QED) is 0.591. The minimum Gasteiger partial charge on any atom is -0.336 e. The lowest BCUT2D eigenvalue weighted by Crippen LogP contribution is -2.27. The summed E-state index contributed by atoms with van der Waals surface area (Å²) in [5, 5.41) is 9.33. The highest BCUT2D eigenvalue weighted by molar-refractivity contribution is 9.10. The minimum atomic E-state index is -0.0381. The molecule has 0 aliphatic carbocycles. The van der Waals surface area contributed by atoms with Gasteiger partial charge in [-0.3, -0.25) is 14.2 Å². The summed E-state index contributed by atoms with van der Waals surface area (Å²) in [6, 6.07) is 7.59. The first-order valence-corrected chi connectivity index (χ1v) is 9.65. The van der Waals surface area contributed by atoms with E-state index in [0.717, 1.165) is 27.1 Å². The summed E-state index contributed by atoms with van der Waals surface area (Å²) < 4.78 is 4.53. The number of amides is 1. The Hall–Kier alpha value is -2.12. The van der Waals surface area contributed by atoms with Crippen molar-refractivity contribution in [3.05, 3.63) is 68.2 Å². The van der Waals surface area contributed by atoms with Gasteiger partial charge in [-0.1, -0.05) is 23.7 Å². The molecule has 0 saturated heterocycles. The summed E-state index contributed by atoms with van der Waals surface area (Å²) in [6.45, 7) is 4.93. The van der Waals surface area contributed by atoms with E-state index in [2.05, 4.69) is 26.1 Å². The maximum Gasteiger partial charge on any atom is 0.253 e. The van der Waals surface area contributed by atoms with Crippen molar-refractivity contribution in [2.45, 2.75) is 26.9 Å². The number of rotatable bonds is 5. The van der Waals surface area contributed by atoms with Crippen molar-refractivity contribution in [3.63, 3.8) is 0 Å². The predicted molar refractivity (Wildman–Crippen MR) is 109 cm³/mol. The molecule has 0 fully saturated rings. The van der Waals surface area contributed by atoms with Crippen molar-refractivity contribution in [2.24, 2.45) is 7.05 Å². The smallest absolute Gasteiger partial charge is 0.253 e. The van der Waals surface area contributed by atoms with Crippen molar-refractivity contribution < 1.29 is 4.79 Å². The topological polar surface area (TPSA) is 56.0 Å². The molecule has 1 amide bonds. The average molecular weight is 451 g/mol. The van der Waals surface area contributed by atoms with Crippen LogP contribution in [-0.2, 0) is 20.1 Å². The van der Waals surface area contributed by atoms with Crippen LogP contribution < -0.4 is 0 Å². The molecular weight excluding hydrogens is 430 g/mol. The number of halogens is 2. The lowest BCUT2D eigenvalue weighted by atomic mass is 10.1. The number of nitrogens with zero attached hydrogens (tertiary/aromatic N) is 5. The van der Waals surface area contributed by atoms with E-state index in [0.29, 0.717) is 23.7 Å². The molecule has 8 heteroatoms. The molecule has 0 radical (unpaired) electrons. The molecule has 27 heavy (non-hydrogen) atoms. The third kappa shape index (κ3) is 4.09.